The standard InChI is InChI=1S/C14H18INO2S/c1-14(2)7-9-11(15)13(16-3-5-18-6-4-16)19-12(9)10(17)8-14/h3-8H2,1-2H3. The van der Waals surface area contributed by atoms with Gasteiger partial charge in [-0.2, -0.15) is 0 Å². The predicted octanol–water partition coefficient (Wildman–Crippen LogP) is 3.34. The number of rotatable bonds is 1. The number of morpholine rings is 1. The minimum Gasteiger partial charge on any atom is -0.378 e. The van der Waals surface area contributed by atoms with Gasteiger partial charge in [-0.05, 0) is 40.0 Å². The molecule has 1 aliphatic heterocycles. The number of carbonyl (C=O) groups is 1. The molecular formula is C14H18INO2S. The van der Waals surface area contributed by atoms with Crippen LogP contribution in [0.3, 0.4) is 0 Å². The predicted molar refractivity (Wildman–Crippen MR) is 86.5 cm³/mol. The maximum Gasteiger partial charge on any atom is 0.173 e. The summed E-state index contributed by atoms with van der Waals surface area (Å²) in [5.41, 5.74) is 1.39. The molecule has 0 saturated carbocycles. The van der Waals surface area contributed by atoms with E-state index >= 15 is 0 Å². The molecule has 2 heterocycles. The quantitative estimate of drug-likeness (QED) is 0.688. The van der Waals surface area contributed by atoms with Crippen molar-refractivity contribution >= 4 is 44.7 Å². The van der Waals surface area contributed by atoms with Crippen LogP contribution in [0.5, 0.6) is 0 Å². The molecule has 0 atom stereocenters. The Labute approximate surface area is 131 Å². The molecule has 0 radical (unpaired) electrons. The molecule has 1 saturated heterocycles. The summed E-state index contributed by atoms with van der Waals surface area (Å²) in [6, 6.07) is 0. The van der Waals surface area contributed by atoms with Crippen molar-refractivity contribution in [1.82, 2.24) is 0 Å². The topological polar surface area (TPSA) is 29.5 Å². The molecule has 0 unspecified atom stereocenters. The molecule has 1 aliphatic carbocycles. The monoisotopic (exact) mass is 391 g/mol. The normalized spacial score (nSPS) is 22.5. The molecule has 1 fully saturated rings. The highest BCUT2D eigenvalue weighted by Gasteiger charge is 2.35. The first-order valence-electron chi connectivity index (χ1n) is 6.65. The fourth-order valence-corrected chi connectivity index (χ4v) is 5.36. The summed E-state index contributed by atoms with van der Waals surface area (Å²) in [6.07, 6.45) is 1.70. The Balaban J connectivity index is 1.99. The molecule has 1 aromatic heterocycles. The van der Waals surface area contributed by atoms with Crippen LogP contribution in [0.1, 0.15) is 35.5 Å². The Morgan fingerprint density at radius 1 is 1.26 bits per heavy atom. The second-order valence-corrected chi connectivity index (χ2v) is 8.15. The van der Waals surface area contributed by atoms with Crippen LogP contribution < -0.4 is 4.90 Å². The number of Topliss-reactive ketones (excluding diaryl/α,β-unsaturated/α-hetero) is 1. The van der Waals surface area contributed by atoms with E-state index in [0.717, 1.165) is 37.6 Å². The zero-order valence-electron chi connectivity index (χ0n) is 11.3. The molecule has 1 aromatic rings. The first-order valence-corrected chi connectivity index (χ1v) is 8.54. The summed E-state index contributed by atoms with van der Waals surface area (Å²) < 4.78 is 6.70. The van der Waals surface area contributed by atoms with Crippen molar-refractivity contribution in [2.24, 2.45) is 5.41 Å². The summed E-state index contributed by atoms with van der Waals surface area (Å²) in [6.45, 7) is 7.84. The van der Waals surface area contributed by atoms with E-state index in [1.807, 2.05) is 0 Å². The van der Waals surface area contributed by atoms with Gasteiger partial charge in [-0.3, -0.25) is 4.79 Å². The fraction of sp³-hybridized carbons (Fsp3) is 0.643. The summed E-state index contributed by atoms with van der Waals surface area (Å²) >= 11 is 4.11. The van der Waals surface area contributed by atoms with Crippen molar-refractivity contribution in [2.75, 3.05) is 31.2 Å². The molecule has 19 heavy (non-hydrogen) atoms. The zero-order valence-corrected chi connectivity index (χ0v) is 14.3. The Morgan fingerprint density at radius 2 is 1.95 bits per heavy atom. The number of nitrogens with zero attached hydrogens (tertiary/aromatic N) is 1. The third-order valence-corrected chi connectivity index (χ3v) is 6.63. The molecule has 0 aromatic carbocycles. The number of hydrogen-bond donors (Lipinski definition) is 0. The molecule has 5 heteroatoms. The first-order chi connectivity index (χ1) is 8.98. The van der Waals surface area contributed by atoms with Crippen LogP contribution in [-0.2, 0) is 11.2 Å². The van der Waals surface area contributed by atoms with Crippen LogP contribution in [-0.4, -0.2) is 32.1 Å². The van der Waals surface area contributed by atoms with Gasteiger partial charge in [0, 0.05) is 19.5 Å². The number of anilines is 1. The second-order valence-electron chi connectivity index (χ2n) is 6.07. The highest BCUT2D eigenvalue weighted by atomic mass is 127. The van der Waals surface area contributed by atoms with Crippen molar-refractivity contribution in [3.05, 3.63) is 14.0 Å². The maximum absolute atomic E-state index is 12.3. The molecule has 104 valence electrons. The number of ether oxygens (including phenoxy) is 1. The van der Waals surface area contributed by atoms with Crippen LogP contribution in [0, 0.1) is 8.99 Å². The number of carbonyl (C=O) groups excluding carboxylic acids is 1. The third-order valence-electron chi connectivity index (χ3n) is 3.77. The van der Waals surface area contributed by atoms with Gasteiger partial charge in [-0.1, -0.05) is 13.8 Å². The number of thiophene rings is 1. The lowest BCUT2D eigenvalue weighted by molar-refractivity contribution is 0.0917. The van der Waals surface area contributed by atoms with E-state index in [0.29, 0.717) is 12.2 Å². The Kier molecular flexibility index (Phi) is 3.64. The third kappa shape index (κ3) is 2.56. The van der Waals surface area contributed by atoms with E-state index in [2.05, 4.69) is 41.3 Å². The highest BCUT2D eigenvalue weighted by molar-refractivity contribution is 14.1. The lowest BCUT2D eigenvalue weighted by atomic mass is 9.76. The van der Waals surface area contributed by atoms with Gasteiger partial charge in [0.15, 0.2) is 5.78 Å². The van der Waals surface area contributed by atoms with E-state index in [1.165, 1.54) is 14.1 Å². The van der Waals surface area contributed by atoms with E-state index in [-0.39, 0.29) is 5.41 Å². The number of hydrogen-bond acceptors (Lipinski definition) is 4. The average Bonchev–Trinajstić information content (AvgIpc) is 2.67. The van der Waals surface area contributed by atoms with Gasteiger partial charge >= 0.3 is 0 Å². The van der Waals surface area contributed by atoms with Crippen molar-refractivity contribution in [3.8, 4) is 0 Å². The summed E-state index contributed by atoms with van der Waals surface area (Å²) in [5, 5.41) is 1.28. The summed E-state index contributed by atoms with van der Waals surface area (Å²) in [7, 11) is 0. The average molecular weight is 391 g/mol. The number of halogens is 1. The van der Waals surface area contributed by atoms with E-state index in [4.69, 9.17) is 4.74 Å². The SMILES string of the molecule is CC1(C)CC(=O)c2sc(N3CCOCC3)c(I)c2C1. The van der Waals surface area contributed by atoms with Crippen molar-refractivity contribution in [2.45, 2.75) is 26.7 Å². The van der Waals surface area contributed by atoms with E-state index < -0.39 is 0 Å². The number of fused-ring (bicyclic) bond motifs is 1. The van der Waals surface area contributed by atoms with Crippen LogP contribution in [0.25, 0.3) is 0 Å². The Hall–Kier alpha value is -0.140. The Morgan fingerprint density at radius 3 is 2.63 bits per heavy atom. The minimum absolute atomic E-state index is 0.105. The molecule has 0 bridgehead atoms. The van der Waals surface area contributed by atoms with Crippen LogP contribution >= 0.6 is 33.9 Å². The minimum atomic E-state index is 0.105. The van der Waals surface area contributed by atoms with Gasteiger partial charge in [-0.25, -0.2) is 0 Å². The van der Waals surface area contributed by atoms with Crippen LogP contribution in [0.2, 0.25) is 0 Å². The van der Waals surface area contributed by atoms with Gasteiger partial charge in [0.25, 0.3) is 0 Å². The molecule has 3 nitrogen and oxygen atoms in total. The zero-order chi connectivity index (χ0) is 13.6. The fourth-order valence-electron chi connectivity index (χ4n) is 2.84. The van der Waals surface area contributed by atoms with Crippen LogP contribution in [0.15, 0.2) is 0 Å². The maximum atomic E-state index is 12.3. The van der Waals surface area contributed by atoms with Gasteiger partial charge in [0.2, 0.25) is 0 Å². The summed E-state index contributed by atoms with van der Waals surface area (Å²) in [5.74, 6) is 0.327. The highest BCUT2D eigenvalue weighted by Crippen LogP contribution is 2.45. The van der Waals surface area contributed by atoms with Crippen LogP contribution in [0.4, 0.5) is 5.00 Å². The molecule has 0 amide bonds. The molecule has 3 rings (SSSR count). The van der Waals surface area contributed by atoms with Gasteiger partial charge in [-0.15, -0.1) is 11.3 Å². The van der Waals surface area contributed by atoms with E-state index in [1.54, 1.807) is 11.3 Å². The van der Waals surface area contributed by atoms with Crippen molar-refractivity contribution < 1.29 is 9.53 Å². The van der Waals surface area contributed by atoms with E-state index in [9.17, 15) is 4.79 Å². The summed E-state index contributed by atoms with van der Waals surface area (Å²) in [4.78, 5) is 15.7. The lowest BCUT2D eigenvalue weighted by Crippen LogP contribution is -2.36. The van der Waals surface area contributed by atoms with Gasteiger partial charge in [0.05, 0.1) is 21.7 Å². The first kappa shape index (κ1) is 13.8. The van der Waals surface area contributed by atoms with Gasteiger partial charge in [0.1, 0.15) is 5.00 Å². The lowest BCUT2D eigenvalue weighted by Gasteiger charge is -2.29. The number of ketones is 1. The van der Waals surface area contributed by atoms with Crippen molar-refractivity contribution in [1.29, 1.82) is 0 Å². The second kappa shape index (κ2) is 5.00. The molecule has 0 N–H and O–H groups in total. The van der Waals surface area contributed by atoms with Crippen molar-refractivity contribution in [3.63, 3.8) is 0 Å². The molecule has 0 spiro atoms. The largest absolute Gasteiger partial charge is 0.378 e. The smallest absolute Gasteiger partial charge is 0.173 e. The molecular weight excluding hydrogens is 373 g/mol. The van der Waals surface area contributed by atoms with Gasteiger partial charge < -0.3 is 9.64 Å². The Bertz CT molecular complexity index is 518. The molecule has 2 aliphatic rings.